The molecular weight excluding hydrogens is 552 g/mol. The van der Waals surface area contributed by atoms with E-state index in [-0.39, 0.29) is 10.9 Å². The molecule has 1 aliphatic heterocycles. The first-order chi connectivity index (χ1) is 20.2. The lowest BCUT2D eigenvalue weighted by molar-refractivity contribution is 0.232. The number of hydrogen-bond donors (Lipinski definition) is 3. The molecule has 5 heterocycles. The van der Waals surface area contributed by atoms with Gasteiger partial charge in [-0.3, -0.25) is 5.32 Å². The van der Waals surface area contributed by atoms with E-state index in [0.717, 1.165) is 59.2 Å². The Morgan fingerprint density at radius 3 is 2.50 bits per heavy atom. The summed E-state index contributed by atoms with van der Waals surface area (Å²) in [7, 11) is 1.46. The third-order valence-corrected chi connectivity index (χ3v) is 10.2. The van der Waals surface area contributed by atoms with E-state index in [4.69, 9.17) is 14.5 Å². The monoisotopic (exact) mass is 588 g/mol. The average Bonchev–Trinajstić information content (AvgIpc) is 3.61. The van der Waals surface area contributed by atoms with E-state index >= 15 is 0 Å². The summed E-state index contributed by atoms with van der Waals surface area (Å²) in [6, 6.07) is 10.9. The van der Waals surface area contributed by atoms with Gasteiger partial charge in [0.25, 0.3) is 5.88 Å². The number of sulfone groups is 1. The molecule has 1 unspecified atom stereocenters. The highest BCUT2D eigenvalue weighted by Gasteiger charge is 2.34. The van der Waals surface area contributed by atoms with Crippen molar-refractivity contribution in [3.05, 3.63) is 65.5 Å². The zero-order chi connectivity index (χ0) is 29.6. The minimum Gasteiger partial charge on any atom is -0.491 e. The van der Waals surface area contributed by atoms with Crippen molar-refractivity contribution in [3.8, 4) is 22.9 Å². The van der Waals surface area contributed by atoms with E-state index in [1.54, 1.807) is 32.5 Å². The molecule has 1 fully saturated rings. The average molecular weight is 589 g/mol. The first-order valence-corrected chi connectivity index (χ1v) is 15.6. The number of nitrogens with zero attached hydrogens (tertiary/aromatic N) is 3. The molecule has 0 spiro atoms. The SMILES string of the molecule is COc1nc2c(-c3cc4c(C(NC5CCN(C)CC5)S(=O)(=O)c5ccc(C)cc5)ccnc4[nH]3)c[nH]c2c(C)c1OC. The van der Waals surface area contributed by atoms with Gasteiger partial charge in [-0.05, 0) is 76.7 Å². The fourth-order valence-electron chi connectivity index (χ4n) is 5.85. The summed E-state index contributed by atoms with van der Waals surface area (Å²) in [6.07, 6.45) is 5.28. The Bertz CT molecular complexity index is 1850. The molecule has 0 radical (unpaired) electrons. The molecule has 11 heteroatoms. The van der Waals surface area contributed by atoms with Crippen LogP contribution in [0.15, 0.2) is 53.7 Å². The first-order valence-electron chi connectivity index (χ1n) is 14.0. The Labute approximate surface area is 245 Å². The van der Waals surface area contributed by atoms with Crippen molar-refractivity contribution < 1.29 is 17.9 Å². The van der Waals surface area contributed by atoms with Crippen molar-refractivity contribution in [1.82, 2.24) is 30.2 Å². The second kappa shape index (κ2) is 11.0. The molecule has 1 aromatic carbocycles. The number of fused-ring (bicyclic) bond motifs is 2. The highest BCUT2D eigenvalue weighted by molar-refractivity contribution is 7.91. The third kappa shape index (κ3) is 4.91. The maximum atomic E-state index is 14.3. The molecule has 0 bridgehead atoms. The largest absolute Gasteiger partial charge is 0.491 e. The van der Waals surface area contributed by atoms with Gasteiger partial charge in [0, 0.05) is 34.9 Å². The fraction of sp³-hybridized carbons (Fsp3) is 0.355. The van der Waals surface area contributed by atoms with Crippen molar-refractivity contribution in [1.29, 1.82) is 0 Å². The third-order valence-electron chi connectivity index (χ3n) is 8.28. The van der Waals surface area contributed by atoms with Crippen LogP contribution in [0.1, 0.15) is 34.9 Å². The molecule has 0 aliphatic carbocycles. The van der Waals surface area contributed by atoms with Crippen molar-refractivity contribution in [2.45, 2.75) is 43.0 Å². The van der Waals surface area contributed by atoms with Gasteiger partial charge in [-0.25, -0.2) is 18.4 Å². The van der Waals surface area contributed by atoms with Crippen molar-refractivity contribution >= 4 is 31.9 Å². The summed E-state index contributed by atoms with van der Waals surface area (Å²) in [5, 5.41) is 3.33. The minimum atomic E-state index is -3.79. The molecule has 1 saturated heterocycles. The zero-order valence-electron chi connectivity index (χ0n) is 24.5. The van der Waals surface area contributed by atoms with Gasteiger partial charge in [0.15, 0.2) is 15.6 Å². The fourth-order valence-corrected chi connectivity index (χ4v) is 7.55. The summed E-state index contributed by atoms with van der Waals surface area (Å²) in [4.78, 5) is 18.6. The van der Waals surface area contributed by atoms with Crippen LogP contribution in [0, 0.1) is 13.8 Å². The summed E-state index contributed by atoms with van der Waals surface area (Å²) < 4.78 is 39.6. The van der Waals surface area contributed by atoms with Crippen molar-refractivity contribution in [2.75, 3.05) is 34.4 Å². The van der Waals surface area contributed by atoms with E-state index in [0.29, 0.717) is 28.4 Å². The number of nitrogens with one attached hydrogen (secondary N) is 3. The predicted octanol–water partition coefficient (Wildman–Crippen LogP) is 4.90. The number of piperidine rings is 1. The number of ether oxygens (including phenoxy) is 2. The van der Waals surface area contributed by atoms with Crippen LogP contribution in [-0.2, 0) is 9.84 Å². The van der Waals surface area contributed by atoms with Gasteiger partial charge in [-0.2, -0.15) is 0 Å². The Balaban J connectivity index is 1.48. The van der Waals surface area contributed by atoms with E-state index in [2.05, 4.69) is 32.2 Å². The van der Waals surface area contributed by atoms with Crippen LogP contribution in [-0.4, -0.2) is 73.7 Å². The molecule has 3 N–H and O–H groups in total. The lowest BCUT2D eigenvalue weighted by Crippen LogP contribution is -2.44. The molecule has 10 nitrogen and oxygen atoms in total. The van der Waals surface area contributed by atoms with Crippen molar-refractivity contribution in [3.63, 3.8) is 0 Å². The van der Waals surface area contributed by atoms with Gasteiger partial charge < -0.3 is 24.3 Å². The molecule has 42 heavy (non-hydrogen) atoms. The highest BCUT2D eigenvalue weighted by Crippen LogP contribution is 2.39. The molecule has 0 amide bonds. The number of benzene rings is 1. The smallest absolute Gasteiger partial charge is 0.257 e. The Kier molecular flexibility index (Phi) is 7.42. The van der Waals surface area contributed by atoms with Crippen LogP contribution in [0.4, 0.5) is 0 Å². The van der Waals surface area contributed by atoms with E-state index < -0.39 is 15.2 Å². The van der Waals surface area contributed by atoms with Crippen LogP contribution in [0.2, 0.25) is 0 Å². The minimum absolute atomic E-state index is 0.0660. The maximum Gasteiger partial charge on any atom is 0.257 e. The Morgan fingerprint density at radius 2 is 1.81 bits per heavy atom. The molecule has 0 saturated carbocycles. The molecule has 1 atom stereocenters. The lowest BCUT2D eigenvalue weighted by atomic mass is 10.0. The second-order valence-corrected chi connectivity index (χ2v) is 13.1. The topological polar surface area (TPSA) is 125 Å². The molecule has 220 valence electrons. The Hall–Kier alpha value is -3.93. The maximum absolute atomic E-state index is 14.3. The molecule has 6 rings (SSSR count). The highest BCUT2D eigenvalue weighted by atomic mass is 32.2. The normalized spacial score (nSPS) is 15.8. The van der Waals surface area contributed by atoms with Gasteiger partial charge in [-0.15, -0.1) is 0 Å². The second-order valence-electron chi connectivity index (χ2n) is 11.0. The van der Waals surface area contributed by atoms with Gasteiger partial charge in [0.1, 0.15) is 16.5 Å². The lowest BCUT2D eigenvalue weighted by Gasteiger charge is -2.32. The number of aromatic amines is 2. The molecule has 4 aromatic heterocycles. The van der Waals surface area contributed by atoms with Gasteiger partial charge in [0.05, 0.1) is 30.3 Å². The quantitative estimate of drug-likeness (QED) is 0.234. The summed E-state index contributed by atoms with van der Waals surface area (Å²) in [6.45, 7) is 5.73. The number of H-pyrrole nitrogens is 2. The first kappa shape index (κ1) is 28.2. The van der Waals surface area contributed by atoms with Crippen molar-refractivity contribution in [2.24, 2.45) is 0 Å². The van der Waals surface area contributed by atoms with Gasteiger partial charge in [0.2, 0.25) is 0 Å². The molecule has 5 aromatic rings. The van der Waals surface area contributed by atoms with Crippen LogP contribution >= 0.6 is 0 Å². The number of aromatic nitrogens is 4. The number of hydrogen-bond acceptors (Lipinski definition) is 8. The zero-order valence-corrected chi connectivity index (χ0v) is 25.3. The summed E-state index contributed by atoms with van der Waals surface area (Å²) in [5.41, 5.74) is 6.28. The van der Waals surface area contributed by atoms with Crippen LogP contribution < -0.4 is 14.8 Å². The van der Waals surface area contributed by atoms with E-state index in [9.17, 15) is 8.42 Å². The summed E-state index contributed by atoms with van der Waals surface area (Å²) in [5.74, 6) is 0.966. The van der Waals surface area contributed by atoms with Gasteiger partial charge in [-0.1, -0.05) is 17.7 Å². The molecular formula is C31H36N6O4S. The molecule has 1 aliphatic rings. The standard InChI is InChI=1S/C31H36N6O4S/c1-18-6-8-21(9-7-18)42(38,39)31(34-20-11-14-37(3)15-12-20)22-10-13-32-29-23(22)16-25(35-29)24-17-33-26-19(2)28(40-4)30(41-5)36-27(24)26/h6-10,13,16-17,20,31,33-34H,11-12,14-15H2,1-5H3,(H,32,35). The number of methoxy groups -OCH3 is 2. The van der Waals surface area contributed by atoms with E-state index in [1.807, 2.05) is 44.3 Å². The van der Waals surface area contributed by atoms with Crippen LogP contribution in [0.5, 0.6) is 11.6 Å². The van der Waals surface area contributed by atoms with Crippen LogP contribution in [0.3, 0.4) is 0 Å². The Morgan fingerprint density at radius 1 is 1.07 bits per heavy atom. The number of likely N-dealkylation sites (tertiary alicyclic amines) is 1. The van der Waals surface area contributed by atoms with Gasteiger partial charge >= 0.3 is 0 Å². The summed E-state index contributed by atoms with van der Waals surface area (Å²) >= 11 is 0. The van der Waals surface area contributed by atoms with E-state index in [1.165, 1.54) is 0 Å². The van der Waals surface area contributed by atoms with Crippen LogP contribution in [0.25, 0.3) is 33.3 Å². The number of rotatable bonds is 8. The predicted molar refractivity (Wildman–Crippen MR) is 164 cm³/mol. The number of aryl methyl sites for hydroxylation is 2. The number of pyridine rings is 2.